The molecule has 3 saturated heterocycles. The second-order valence-corrected chi connectivity index (χ2v) is 36.9. The van der Waals surface area contributed by atoms with E-state index in [4.69, 9.17) is 67.5 Å². The molecule has 0 aromatic carbocycles. The maximum atomic E-state index is 13.2. The van der Waals surface area contributed by atoms with Crippen LogP contribution in [0.4, 0.5) is 45.8 Å². The molecule has 0 radical (unpaired) electrons. The number of nitrogens with one attached hydrogen (secondary N) is 10. The zero-order valence-corrected chi connectivity index (χ0v) is 80.8. The number of hydrogen-bond donors (Lipinski definition) is 10. The van der Waals surface area contributed by atoms with Gasteiger partial charge >= 0.3 is 0 Å². The number of carbonyl (C=O) groups excluding carboxylic acids is 4. The number of fused-ring (bicyclic) bond motifs is 7. The molecule has 23 rings (SSSR count). The van der Waals surface area contributed by atoms with E-state index in [0.717, 1.165) is 122 Å². The summed E-state index contributed by atoms with van der Waals surface area (Å²) in [4.78, 5) is 106. The molecule has 14 aromatic rings. The quantitative estimate of drug-likeness (QED) is 0.0209. The Bertz CT molecular complexity index is 6910. The van der Waals surface area contributed by atoms with Gasteiger partial charge in [0.1, 0.15) is 34.9 Å². The summed E-state index contributed by atoms with van der Waals surface area (Å²) in [5.74, 6) is 0.691. The van der Waals surface area contributed by atoms with Gasteiger partial charge in [0.25, 0.3) is 34.7 Å². The highest BCUT2D eigenvalue weighted by Crippen LogP contribution is 2.54. The molecule has 6 saturated carbocycles. The third-order valence-electron chi connectivity index (χ3n) is 29.3. The van der Waals surface area contributed by atoms with E-state index >= 15 is 0 Å². The Morgan fingerprint density at radius 3 is 1.08 bits per heavy atom. The van der Waals surface area contributed by atoms with Crippen LogP contribution in [0, 0.1) is 11.8 Å². The number of aromatic nitrogens is 18. The van der Waals surface area contributed by atoms with Gasteiger partial charge in [-0.05, 0) is 138 Å². The maximum Gasteiger partial charge on any atom is 0.274 e. The van der Waals surface area contributed by atoms with Crippen LogP contribution >= 0.6 is 0 Å². The smallest absolute Gasteiger partial charge is 0.274 e. The van der Waals surface area contributed by atoms with Gasteiger partial charge in [-0.25, -0.2) is 48.0 Å². The number of carbonyl (C=O) groups is 4. The molecular weight excluding hydrogens is 1830 g/mol. The van der Waals surface area contributed by atoms with Crippen LogP contribution in [0.3, 0.4) is 0 Å². The van der Waals surface area contributed by atoms with Crippen LogP contribution in [0.5, 0.6) is 0 Å². The fraction of sp³-hybridized carbons (Fsp3) is 0.469. The molecule has 0 bridgehead atoms. The van der Waals surface area contributed by atoms with Crippen molar-refractivity contribution < 1.29 is 66.5 Å². The van der Waals surface area contributed by atoms with Crippen LogP contribution < -0.4 is 64.3 Å². The summed E-state index contributed by atoms with van der Waals surface area (Å²) in [7, 11) is 19.0. The molecule has 142 heavy (non-hydrogen) atoms. The Labute approximate surface area is 814 Å². The molecule has 17 heterocycles. The Hall–Kier alpha value is -14.0. The van der Waals surface area contributed by atoms with E-state index < -0.39 is 0 Å². The Morgan fingerprint density at radius 1 is 0.366 bits per heavy atom. The van der Waals surface area contributed by atoms with Gasteiger partial charge in [0.05, 0.1) is 152 Å². The van der Waals surface area contributed by atoms with Crippen molar-refractivity contribution in [2.75, 3.05) is 150 Å². The van der Waals surface area contributed by atoms with Crippen molar-refractivity contribution in [1.82, 2.24) is 108 Å². The second kappa shape index (κ2) is 41.3. The van der Waals surface area contributed by atoms with Crippen molar-refractivity contribution >= 4 is 114 Å². The minimum absolute atomic E-state index is 0.00717. The summed E-state index contributed by atoms with van der Waals surface area (Å²) >= 11 is 0. The summed E-state index contributed by atoms with van der Waals surface area (Å²) < 4.78 is 69.3. The largest absolute Gasteiger partial charge is 0.385 e. The number of methoxy groups -OCH3 is 7. The summed E-state index contributed by atoms with van der Waals surface area (Å²) in [6.07, 6.45) is 28.2. The fourth-order valence-corrected chi connectivity index (χ4v) is 20.4. The van der Waals surface area contributed by atoms with Crippen molar-refractivity contribution in [3.8, 4) is 22.5 Å². The maximum absolute atomic E-state index is 13.2. The third kappa shape index (κ3) is 18.3. The summed E-state index contributed by atoms with van der Waals surface area (Å²) in [5.41, 5.74) is 12.0. The number of rotatable bonds is 29. The highest BCUT2D eigenvalue weighted by atomic mass is 16.5. The highest BCUT2D eigenvalue weighted by Gasteiger charge is 2.56. The topological polar surface area (TPSA) is 481 Å². The van der Waals surface area contributed by atoms with Crippen LogP contribution in [0.25, 0.3) is 67.2 Å². The Balaban J connectivity index is 0.000000116. The van der Waals surface area contributed by atoms with Gasteiger partial charge in [0, 0.05) is 186 Å². The average molecular weight is 1940 g/mol. The van der Waals surface area contributed by atoms with E-state index in [-0.39, 0.29) is 126 Å². The predicted molar refractivity (Wildman–Crippen MR) is 527 cm³/mol. The van der Waals surface area contributed by atoms with Crippen molar-refractivity contribution in [2.24, 2.45) is 11.8 Å². The highest BCUT2D eigenvalue weighted by molar-refractivity contribution is 5.99. The normalized spacial score (nSPS) is 24.6. The standard InChI is InChI=1S/2C26H31N7O4.C23H27N7O4.C23H29N7O4/c2*1-27-19-11-18(31-33-21(12-29-25(19)33)26(34)30-17-6-7-22(17)35-2)16-13-32(24-15(16)5-4-9-28-24)20-8-10-37-14-23(20)36-3;1-24-16-8-19(26-15-4-3-7-29(23(15)32)20-12-10-34-11-13(12)20)28-30-17(9-25-21(16)30)22(31)27-14-5-6-18(14)33-2;1-24-17-11-20(26-16-5-4-8-29(23(16)32)13-9-14(10-13)33-2)28-30-18(12-25-21(17)30)22(31)27-15-6-7-19(15)34-3/h2*4-5,9,11-13,17,20,22-23,27H,6-8,10,14H2,1-3H3,(H,30,34);3-4,7-9,12-14,18,20,24H,5-6,10-11H2,1-2H3,(H,26,28)(H,27,31);4-5,8,11-15,19,24H,6-7,9-10H2,1-3H3,(H,26,28)(H,27,31)/t17-,20+,22-,23+;17-,20-,22-,23-;12-,13+,14-,18-,20?;13?,14?,15-,19-/m0000/s1. The molecule has 6 aliphatic carbocycles. The zero-order valence-electron chi connectivity index (χ0n) is 80.8. The number of pyridine rings is 4. The molecule has 746 valence electrons. The van der Waals surface area contributed by atoms with Gasteiger partial charge in [0.15, 0.2) is 57.0 Å². The van der Waals surface area contributed by atoms with Gasteiger partial charge in [-0.15, -0.1) is 10.2 Å². The first-order valence-corrected chi connectivity index (χ1v) is 48.2. The number of hydrogen-bond acceptors (Lipinski definition) is 32. The number of nitrogens with zero attached hydrogens (tertiary/aromatic N) is 18. The predicted octanol–water partition coefficient (Wildman–Crippen LogP) is 8.68. The summed E-state index contributed by atoms with van der Waals surface area (Å²) in [6.45, 7) is 3.82. The molecule has 15 atom stereocenters. The molecule has 44 nitrogen and oxygen atoms in total. The van der Waals surface area contributed by atoms with Crippen LogP contribution in [0.1, 0.15) is 143 Å². The summed E-state index contributed by atoms with van der Waals surface area (Å²) in [6, 6.07) is 23.0. The van der Waals surface area contributed by atoms with E-state index in [1.807, 2.05) is 68.8 Å². The minimum Gasteiger partial charge on any atom is -0.385 e. The first-order valence-electron chi connectivity index (χ1n) is 48.2. The molecule has 4 amide bonds. The molecule has 9 aliphatic rings. The molecular formula is C98H118N28O16. The number of imidazole rings is 4. The zero-order chi connectivity index (χ0) is 98.3. The van der Waals surface area contributed by atoms with E-state index in [1.54, 1.807) is 137 Å². The van der Waals surface area contributed by atoms with Crippen molar-refractivity contribution in [1.29, 1.82) is 0 Å². The van der Waals surface area contributed by atoms with Crippen molar-refractivity contribution in [3.05, 3.63) is 178 Å². The fourth-order valence-electron chi connectivity index (χ4n) is 20.4. The molecule has 3 aliphatic heterocycles. The van der Waals surface area contributed by atoms with Crippen LogP contribution in [-0.4, -0.2) is 295 Å². The third-order valence-corrected chi connectivity index (χ3v) is 29.3. The summed E-state index contributed by atoms with van der Waals surface area (Å²) in [5, 5.41) is 51.9. The minimum atomic E-state index is -0.272. The van der Waals surface area contributed by atoms with E-state index in [0.29, 0.717) is 143 Å². The van der Waals surface area contributed by atoms with Crippen LogP contribution in [0.2, 0.25) is 0 Å². The number of amides is 4. The number of anilines is 8. The monoisotopic (exact) mass is 1940 g/mol. The van der Waals surface area contributed by atoms with Crippen LogP contribution in [0.15, 0.2) is 144 Å². The van der Waals surface area contributed by atoms with Crippen LogP contribution in [-0.2, 0) is 47.4 Å². The average Bonchev–Trinajstić information content (AvgIpc) is 1.58. The lowest BCUT2D eigenvalue weighted by atomic mass is 9.89. The van der Waals surface area contributed by atoms with Crippen molar-refractivity contribution in [2.45, 2.75) is 168 Å². The number of ether oxygens (including phenoxy) is 10. The first kappa shape index (κ1) is 95.6. The van der Waals surface area contributed by atoms with E-state index in [2.05, 4.69) is 105 Å². The molecule has 14 aromatic heterocycles. The second-order valence-electron chi connectivity index (χ2n) is 36.9. The Morgan fingerprint density at radius 2 is 0.725 bits per heavy atom. The van der Waals surface area contributed by atoms with Crippen molar-refractivity contribution in [3.63, 3.8) is 0 Å². The van der Waals surface area contributed by atoms with Gasteiger partial charge in [0.2, 0.25) is 0 Å². The molecule has 0 spiro atoms. The lowest BCUT2D eigenvalue weighted by molar-refractivity contribution is -0.0592. The molecule has 1 unspecified atom stereocenters. The van der Waals surface area contributed by atoms with Gasteiger partial charge in [-0.1, -0.05) is 0 Å². The molecule has 10 N–H and O–H groups in total. The molecule has 9 fully saturated rings. The SMILES string of the molecule is CNc1cc(-c2cn([C@@H]3CCOC[C@H]3OC)c3ncccc23)nn2c(C(=O)N[C@H]3CC[C@@H]3OC)cnc12.CNc1cc(-c2cn([C@H]3CCOC[C@@H]3OC)c3ncccc23)nn2c(C(=O)N[C@H]3CC[C@@H]3OC)cnc12.CNc1cc(Nc2cccn(C3CC(OC)C3)c2=O)nn2c(C(=O)N[C@H]3CC[C@@H]3OC)cnc12.CNc1cc(Nc2cccn(C3[C@H]4COC[C@@H]34)c2=O)nn2c(C(=O)N[C@H]3CC[C@@H]3OC)cnc12. The van der Waals surface area contributed by atoms with Gasteiger partial charge in [-0.2, -0.15) is 10.2 Å². The first-order chi connectivity index (χ1) is 69.3. The van der Waals surface area contributed by atoms with E-state index in [1.165, 1.54) is 21.4 Å². The van der Waals surface area contributed by atoms with E-state index in [9.17, 15) is 28.8 Å². The van der Waals surface area contributed by atoms with Gasteiger partial charge in [-0.3, -0.25) is 28.8 Å². The Kier molecular flexibility index (Phi) is 27.8. The lowest BCUT2D eigenvalue weighted by Gasteiger charge is -2.35. The molecule has 44 heteroatoms. The van der Waals surface area contributed by atoms with Gasteiger partial charge < -0.3 is 119 Å². The lowest BCUT2D eigenvalue weighted by Crippen LogP contribution is -2.51.